The summed E-state index contributed by atoms with van der Waals surface area (Å²) in [7, 11) is 0. The Morgan fingerprint density at radius 3 is 2.56 bits per heavy atom. The molecule has 2 aromatic carbocycles. The van der Waals surface area contributed by atoms with Crippen molar-refractivity contribution in [1.82, 2.24) is 20.2 Å². The molecule has 4 aromatic rings. The van der Waals surface area contributed by atoms with Gasteiger partial charge in [0.05, 0.1) is 17.9 Å². The number of aromatic nitrogens is 4. The van der Waals surface area contributed by atoms with Crippen LogP contribution in [-0.4, -0.2) is 39.2 Å². The Kier molecular flexibility index (Phi) is 7.06. The van der Waals surface area contributed by atoms with Crippen LogP contribution in [0.4, 0.5) is 28.8 Å². The predicted molar refractivity (Wildman–Crippen MR) is 138 cm³/mol. The second-order valence-electron chi connectivity index (χ2n) is 8.98. The lowest BCUT2D eigenvalue weighted by Crippen LogP contribution is -2.35. The molecule has 0 bridgehead atoms. The SMILES string of the molecule is CC(C)CCN(c1nc(Nc2ccc3[nH]ncc3c2)ncc1N(C=O)c1ccccc1)C(C)C. The van der Waals surface area contributed by atoms with Gasteiger partial charge in [-0.3, -0.25) is 14.8 Å². The number of nitrogens with zero attached hydrogens (tertiary/aromatic N) is 5. The molecule has 34 heavy (non-hydrogen) atoms. The topological polar surface area (TPSA) is 90.0 Å². The summed E-state index contributed by atoms with van der Waals surface area (Å²) in [5.74, 6) is 1.73. The largest absolute Gasteiger partial charge is 0.352 e. The molecule has 0 spiro atoms. The molecule has 8 heteroatoms. The number of H-pyrrole nitrogens is 1. The molecule has 0 saturated heterocycles. The fourth-order valence-electron chi connectivity index (χ4n) is 3.81. The van der Waals surface area contributed by atoms with Crippen molar-refractivity contribution < 1.29 is 4.79 Å². The number of hydrogen-bond acceptors (Lipinski definition) is 6. The van der Waals surface area contributed by atoms with Gasteiger partial charge in [-0.15, -0.1) is 0 Å². The molecule has 0 fully saturated rings. The molecule has 2 N–H and O–H groups in total. The molecule has 2 aromatic heterocycles. The standard InChI is InChI=1S/C26H31N7O/c1-18(2)12-13-32(19(3)4)25-24(33(17-34)22-8-6-5-7-9-22)16-27-26(30-25)29-21-10-11-23-20(14-21)15-28-31-23/h5-11,14-19H,12-13H2,1-4H3,(H,28,31)(H,27,29,30). The van der Waals surface area contributed by atoms with Gasteiger partial charge in [0.15, 0.2) is 5.82 Å². The Balaban J connectivity index is 1.76. The normalized spacial score (nSPS) is 11.2. The van der Waals surface area contributed by atoms with E-state index in [2.05, 4.69) is 53.1 Å². The lowest BCUT2D eigenvalue weighted by atomic mass is 10.1. The van der Waals surface area contributed by atoms with E-state index in [9.17, 15) is 4.79 Å². The highest BCUT2D eigenvalue weighted by atomic mass is 16.1. The molecule has 0 saturated carbocycles. The molecule has 2 heterocycles. The summed E-state index contributed by atoms with van der Waals surface area (Å²) < 4.78 is 0. The average molecular weight is 458 g/mol. The first kappa shape index (κ1) is 23.2. The van der Waals surface area contributed by atoms with Crippen LogP contribution in [0.1, 0.15) is 34.1 Å². The minimum Gasteiger partial charge on any atom is -0.352 e. The van der Waals surface area contributed by atoms with Crippen molar-refractivity contribution in [3.63, 3.8) is 0 Å². The van der Waals surface area contributed by atoms with Gasteiger partial charge in [0.25, 0.3) is 0 Å². The number of benzene rings is 2. The van der Waals surface area contributed by atoms with Crippen LogP contribution in [0.2, 0.25) is 0 Å². The van der Waals surface area contributed by atoms with E-state index < -0.39 is 0 Å². The summed E-state index contributed by atoms with van der Waals surface area (Å²) in [6.45, 7) is 9.52. The van der Waals surface area contributed by atoms with E-state index in [1.807, 2.05) is 48.5 Å². The molecule has 0 aliphatic heterocycles. The summed E-state index contributed by atoms with van der Waals surface area (Å²) in [4.78, 5) is 25.5. The van der Waals surface area contributed by atoms with E-state index in [0.29, 0.717) is 23.4 Å². The molecular formula is C26H31N7O. The van der Waals surface area contributed by atoms with Crippen molar-refractivity contribution in [2.24, 2.45) is 5.92 Å². The van der Waals surface area contributed by atoms with Crippen molar-refractivity contribution in [2.75, 3.05) is 21.7 Å². The lowest BCUT2D eigenvalue weighted by molar-refractivity contribution is -0.106. The van der Waals surface area contributed by atoms with Crippen LogP contribution in [0.25, 0.3) is 10.9 Å². The number of nitrogens with one attached hydrogen (secondary N) is 2. The summed E-state index contributed by atoms with van der Waals surface area (Å²) >= 11 is 0. The number of fused-ring (bicyclic) bond motifs is 1. The molecule has 8 nitrogen and oxygen atoms in total. The maximum Gasteiger partial charge on any atom is 0.229 e. The van der Waals surface area contributed by atoms with Gasteiger partial charge in [-0.2, -0.15) is 10.1 Å². The minimum atomic E-state index is 0.187. The Morgan fingerprint density at radius 1 is 1.06 bits per heavy atom. The maximum absolute atomic E-state index is 12.2. The third-order valence-electron chi connectivity index (χ3n) is 5.69. The Morgan fingerprint density at radius 2 is 1.85 bits per heavy atom. The van der Waals surface area contributed by atoms with Gasteiger partial charge in [0.1, 0.15) is 5.69 Å². The molecule has 176 valence electrons. The van der Waals surface area contributed by atoms with Crippen molar-refractivity contribution in [3.05, 3.63) is 60.9 Å². The van der Waals surface area contributed by atoms with Gasteiger partial charge in [0.2, 0.25) is 12.4 Å². The second-order valence-corrected chi connectivity index (χ2v) is 8.98. The Labute approximate surface area is 200 Å². The average Bonchev–Trinajstić information content (AvgIpc) is 3.29. The van der Waals surface area contributed by atoms with Crippen molar-refractivity contribution in [2.45, 2.75) is 40.2 Å². The number of anilines is 5. The van der Waals surface area contributed by atoms with Crippen molar-refractivity contribution in [3.8, 4) is 0 Å². The lowest BCUT2D eigenvalue weighted by Gasteiger charge is -2.32. The Bertz CT molecular complexity index is 1240. The molecule has 1 amide bonds. The van der Waals surface area contributed by atoms with E-state index >= 15 is 0 Å². The third kappa shape index (κ3) is 5.17. The van der Waals surface area contributed by atoms with Crippen molar-refractivity contribution in [1.29, 1.82) is 0 Å². The first-order valence-electron chi connectivity index (χ1n) is 11.6. The molecule has 0 aliphatic carbocycles. The molecule has 0 unspecified atom stereocenters. The van der Waals surface area contributed by atoms with Crippen molar-refractivity contribution >= 4 is 46.1 Å². The first-order valence-corrected chi connectivity index (χ1v) is 11.6. The number of para-hydroxylation sites is 1. The van der Waals surface area contributed by atoms with Crippen LogP contribution < -0.4 is 15.1 Å². The van der Waals surface area contributed by atoms with Crippen LogP contribution in [0.15, 0.2) is 60.9 Å². The predicted octanol–water partition coefficient (Wildman–Crippen LogP) is 5.65. The van der Waals surface area contributed by atoms with Gasteiger partial charge in [-0.05, 0) is 56.5 Å². The van der Waals surface area contributed by atoms with Crippen LogP contribution >= 0.6 is 0 Å². The molecule has 0 atom stereocenters. The van der Waals surface area contributed by atoms with Crippen LogP contribution in [0, 0.1) is 5.92 Å². The smallest absolute Gasteiger partial charge is 0.229 e. The molecule has 0 aliphatic rings. The second kappa shape index (κ2) is 10.3. The number of carbonyl (C=O) groups is 1. The fraction of sp³-hybridized carbons (Fsp3) is 0.308. The van der Waals surface area contributed by atoms with Gasteiger partial charge < -0.3 is 10.2 Å². The number of carbonyl (C=O) groups excluding carboxylic acids is 1. The summed E-state index contributed by atoms with van der Waals surface area (Å²) in [5.41, 5.74) is 3.24. The van der Waals surface area contributed by atoms with E-state index in [1.54, 1.807) is 17.3 Å². The molecule has 0 radical (unpaired) electrons. The van der Waals surface area contributed by atoms with E-state index in [-0.39, 0.29) is 6.04 Å². The van der Waals surface area contributed by atoms with Crippen LogP contribution in [0.5, 0.6) is 0 Å². The van der Waals surface area contributed by atoms with E-state index in [0.717, 1.165) is 41.7 Å². The summed E-state index contributed by atoms with van der Waals surface area (Å²) in [5, 5.41) is 11.3. The fourth-order valence-corrected chi connectivity index (χ4v) is 3.81. The van der Waals surface area contributed by atoms with Gasteiger partial charge in [-0.25, -0.2) is 4.98 Å². The highest BCUT2D eigenvalue weighted by molar-refractivity contribution is 5.91. The van der Waals surface area contributed by atoms with Crippen LogP contribution in [-0.2, 0) is 4.79 Å². The quantitative estimate of drug-likeness (QED) is 0.299. The van der Waals surface area contributed by atoms with Gasteiger partial charge >= 0.3 is 0 Å². The number of aromatic amines is 1. The van der Waals surface area contributed by atoms with E-state index in [1.165, 1.54) is 0 Å². The zero-order valence-corrected chi connectivity index (χ0v) is 20.1. The molecule has 4 rings (SSSR count). The zero-order chi connectivity index (χ0) is 24.1. The number of hydrogen-bond donors (Lipinski definition) is 2. The summed E-state index contributed by atoms with van der Waals surface area (Å²) in [6.07, 6.45) is 5.32. The first-order chi connectivity index (χ1) is 16.5. The zero-order valence-electron chi connectivity index (χ0n) is 20.1. The minimum absolute atomic E-state index is 0.187. The third-order valence-corrected chi connectivity index (χ3v) is 5.69. The monoisotopic (exact) mass is 457 g/mol. The Hall–Kier alpha value is -3.94. The summed E-state index contributed by atoms with van der Waals surface area (Å²) in [6, 6.07) is 15.7. The highest BCUT2D eigenvalue weighted by Gasteiger charge is 2.23. The van der Waals surface area contributed by atoms with E-state index in [4.69, 9.17) is 4.98 Å². The number of amides is 1. The van der Waals surface area contributed by atoms with Gasteiger partial charge in [0, 0.05) is 29.3 Å². The maximum atomic E-state index is 12.2. The van der Waals surface area contributed by atoms with Gasteiger partial charge in [-0.1, -0.05) is 32.0 Å². The van der Waals surface area contributed by atoms with Crippen LogP contribution in [0.3, 0.4) is 0 Å². The highest BCUT2D eigenvalue weighted by Crippen LogP contribution is 2.34. The molecular weight excluding hydrogens is 426 g/mol. The number of rotatable bonds is 10.